The van der Waals surface area contributed by atoms with Crippen LogP contribution in [0.3, 0.4) is 0 Å². The Hall–Kier alpha value is -2.15. The summed E-state index contributed by atoms with van der Waals surface area (Å²) in [4.78, 5) is 9.98. The second kappa shape index (κ2) is 9.33. The van der Waals surface area contributed by atoms with E-state index in [4.69, 9.17) is 14.5 Å². The number of fused-ring (bicyclic) bond motifs is 2. The molecule has 7 heteroatoms. The van der Waals surface area contributed by atoms with Crippen LogP contribution in [0.2, 0.25) is 0 Å². The van der Waals surface area contributed by atoms with Crippen LogP contribution in [-0.4, -0.2) is 73.9 Å². The number of nitrogens with one attached hydrogen (secondary N) is 1. The number of rotatable bonds is 6. The Morgan fingerprint density at radius 3 is 2.33 bits per heavy atom. The normalized spacial score (nSPS) is 26.8. The van der Waals surface area contributed by atoms with Crippen LogP contribution >= 0.6 is 0 Å². The molecule has 2 aliphatic carbocycles. The fraction of sp³-hybridized carbons (Fsp3) is 0.696. The van der Waals surface area contributed by atoms with E-state index < -0.39 is 0 Å². The summed E-state index contributed by atoms with van der Waals surface area (Å²) in [6, 6.07) is 4.46. The largest absolute Gasteiger partial charge is 0.502 e. The summed E-state index contributed by atoms with van der Waals surface area (Å²) in [5.74, 6) is 3.74. The molecule has 1 saturated heterocycles. The van der Waals surface area contributed by atoms with Gasteiger partial charge in [0.25, 0.3) is 0 Å². The highest BCUT2D eigenvalue weighted by Crippen LogP contribution is 2.46. The maximum atomic E-state index is 10.1. The topological polar surface area (TPSA) is 69.6 Å². The third kappa shape index (κ3) is 4.31. The summed E-state index contributed by atoms with van der Waals surface area (Å²) in [5, 5.41) is 13.6. The van der Waals surface area contributed by atoms with Crippen molar-refractivity contribution in [2.45, 2.75) is 45.2 Å². The van der Waals surface area contributed by atoms with Crippen LogP contribution in [0.5, 0.6) is 17.2 Å². The van der Waals surface area contributed by atoms with E-state index in [0.717, 1.165) is 62.1 Å². The quantitative estimate of drug-likeness (QED) is 0.549. The van der Waals surface area contributed by atoms with Crippen LogP contribution in [0, 0.1) is 11.8 Å². The Kier molecular flexibility index (Phi) is 6.56. The van der Waals surface area contributed by atoms with Crippen molar-refractivity contribution in [3.05, 3.63) is 17.7 Å². The number of piperazine rings is 1. The van der Waals surface area contributed by atoms with Gasteiger partial charge in [-0.3, -0.25) is 4.90 Å². The van der Waals surface area contributed by atoms with Crippen molar-refractivity contribution >= 4 is 5.96 Å². The molecule has 1 aromatic rings. The number of guanidine groups is 1. The van der Waals surface area contributed by atoms with Crippen molar-refractivity contribution in [3.63, 3.8) is 0 Å². The number of phenolic OH excluding ortho intramolecular Hbond substituents is 1. The van der Waals surface area contributed by atoms with E-state index in [0.29, 0.717) is 18.0 Å². The third-order valence-corrected chi connectivity index (χ3v) is 7.07. The summed E-state index contributed by atoms with van der Waals surface area (Å²) >= 11 is 0. The average molecular weight is 417 g/mol. The molecule has 1 aliphatic heterocycles. The smallest absolute Gasteiger partial charge is 0.200 e. The number of aliphatic imine (C=N–C) groups is 1. The first-order chi connectivity index (χ1) is 14.6. The van der Waals surface area contributed by atoms with Crippen molar-refractivity contribution in [1.82, 2.24) is 15.1 Å². The second-order valence-electron chi connectivity index (χ2n) is 8.78. The minimum absolute atomic E-state index is 0.0244. The van der Waals surface area contributed by atoms with Gasteiger partial charge >= 0.3 is 0 Å². The predicted molar refractivity (Wildman–Crippen MR) is 118 cm³/mol. The van der Waals surface area contributed by atoms with Crippen LogP contribution < -0.4 is 14.8 Å². The van der Waals surface area contributed by atoms with Crippen LogP contribution in [0.15, 0.2) is 17.1 Å². The summed E-state index contributed by atoms with van der Waals surface area (Å²) in [6.07, 6.45) is 5.79. The Bertz CT molecular complexity index is 736. The van der Waals surface area contributed by atoms with Crippen molar-refractivity contribution in [2.75, 3.05) is 46.9 Å². The monoisotopic (exact) mass is 416 g/mol. The van der Waals surface area contributed by atoms with Gasteiger partial charge in [0, 0.05) is 38.8 Å². The lowest BCUT2D eigenvalue weighted by Gasteiger charge is -2.42. The van der Waals surface area contributed by atoms with Crippen LogP contribution in [-0.2, 0) is 6.54 Å². The molecule has 0 radical (unpaired) electrons. The van der Waals surface area contributed by atoms with Crippen molar-refractivity contribution in [2.24, 2.45) is 16.8 Å². The van der Waals surface area contributed by atoms with Crippen LogP contribution in [0.4, 0.5) is 0 Å². The highest BCUT2D eigenvalue weighted by Gasteiger charge is 2.42. The van der Waals surface area contributed by atoms with Crippen molar-refractivity contribution in [1.29, 1.82) is 0 Å². The van der Waals surface area contributed by atoms with Gasteiger partial charge in [0.1, 0.15) is 0 Å². The lowest BCUT2D eigenvalue weighted by Crippen LogP contribution is -2.55. The molecule has 1 heterocycles. The Morgan fingerprint density at radius 2 is 1.80 bits per heavy atom. The number of hydrogen-bond acceptors (Lipinski definition) is 5. The number of ether oxygens (including phenoxy) is 2. The Labute approximate surface area is 180 Å². The first-order valence-electron chi connectivity index (χ1n) is 11.3. The van der Waals surface area contributed by atoms with Gasteiger partial charge in [-0.05, 0) is 55.7 Å². The zero-order chi connectivity index (χ0) is 21.1. The summed E-state index contributed by atoms with van der Waals surface area (Å²) in [5.41, 5.74) is 0.942. The maximum Gasteiger partial charge on any atom is 0.200 e. The van der Waals surface area contributed by atoms with E-state index in [-0.39, 0.29) is 5.75 Å². The summed E-state index contributed by atoms with van der Waals surface area (Å²) < 4.78 is 10.5. The SMILES string of the molecule is CCNC(=NCc1cc(OC)c(O)c(OC)c1)N1CCN(C2CC3CCC2C3)CC1. The fourth-order valence-electron chi connectivity index (χ4n) is 5.55. The van der Waals surface area contributed by atoms with Crippen LogP contribution in [0.25, 0.3) is 0 Å². The van der Waals surface area contributed by atoms with Gasteiger partial charge in [-0.2, -0.15) is 0 Å². The average Bonchev–Trinajstić information content (AvgIpc) is 3.41. The fourth-order valence-corrected chi connectivity index (χ4v) is 5.55. The van der Waals surface area contributed by atoms with E-state index in [1.165, 1.54) is 25.7 Å². The molecular formula is C23H36N4O3. The molecule has 166 valence electrons. The molecule has 7 nitrogen and oxygen atoms in total. The zero-order valence-corrected chi connectivity index (χ0v) is 18.6. The number of benzene rings is 1. The number of phenols is 1. The molecule has 1 aromatic carbocycles. The van der Waals surface area contributed by atoms with Gasteiger partial charge in [0.2, 0.25) is 5.75 Å². The first-order valence-corrected chi connectivity index (χ1v) is 11.3. The van der Waals surface area contributed by atoms with Gasteiger partial charge in [0.05, 0.1) is 20.8 Å². The lowest BCUT2D eigenvalue weighted by molar-refractivity contribution is 0.0958. The predicted octanol–water partition coefficient (Wildman–Crippen LogP) is 2.68. The molecule has 0 amide bonds. The molecule has 0 aromatic heterocycles. The second-order valence-corrected chi connectivity index (χ2v) is 8.78. The molecule has 3 atom stereocenters. The van der Waals surface area contributed by atoms with Crippen LogP contribution in [0.1, 0.15) is 38.2 Å². The Balaban J connectivity index is 1.40. The van der Waals surface area contributed by atoms with Gasteiger partial charge in [0.15, 0.2) is 17.5 Å². The molecule has 2 bridgehead atoms. The van der Waals surface area contributed by atoms with E-state index in [1.54, 1.807) is 14.2 Å². The molecule has 30 heavy (non-hydrogen) atoms. The van der Waals surface area contributed by atoms with E-state index in [2.05, 4.69) is 22.0 Å². The molecule has 3 fully saturated rings. The minimum Gasteiger partial charge on any atom is -0.502 e. The molecule has 4 rings (SSSR count). The third-order valence-electron chi connectivity index (χ3n) is 7.07. The minimum atomic E-state index is 0.0244. The van der Waals surface area contributed by atoms with Gasteiger partial charge in [-0.25, -0.2) is 4.99 Å². The van der Waals surface area contributed by atoms with Crippen molar-refractivity contribution < 1.29 is 14.6 Å². The number of aromatic hydroxyl groups is 1. The maximum absolute atomic E-state index is 10.1. The highest BCUT2D eigenvalue weighted by atomic mass is 16.5. The molecular weight excluding hydrogens is 380 g/mol. The first kappa shape index (κ1) is 21.1. The molecule has 3 unspecified atom stereocenters. The zero-order valence-electron chi connectivity index (χ0n) is 18.6. The number of nitrogens with zero attached hydrogens (tertiary/aromatic N) is 3. The molecule has 3 aliphatic rings. The summed E-state index contributed by atoms with van der Waals surface area (Å²) in [6.45, 7) is 7.73. The summed E-state index contributed by atoms with van der Waals surface area (Å²) in [7, 11) is 3.09. The van der Waals surface area contributed by atoms with E-state index in [1.807, 2.05) is 12.1 Å². The highest BCUT2D eigenvalue weighted by molar-refractivity contribution is 5.80. The van der Waals surface area contributed by atoms with Gasteiger partial charge in [-0.1, -0.05) is 6.42 Å². The molecule has 0 spiro atoms. The Morgan fingerprint density at radius 1 is 1.10 bits per heavy atom. The molecule has 2 saturated carbocycles. The van der Waals surface area contributed by atoms with Gasteiger partial charge < -0.3 is 24.8 Å². The van der Waals surface area contributed by atoms with Gasteiger partial charge in [-0.15, -0.1) is 0 Å². The number of hydrogen-bond donors (Lipinski definition) is 2. The van der Waals surface area contributed by atoms with Crippen molar-refractivity contribution in [3.8, 4) is 17.2 Å². The lowest BCUT2D eigenvalue weighted by atomic mass is 9.93. The number of methoxy groups -OCH3 is 2. The van der Waals surface area contributed by atoms with E-state index >= 15 is 0 Å². The van der Waals surface area contributed by atoms with E-state index in [9.17, 15) is 5.11 Å². The standard InChI is InChI=1S/C23H36N4O3/c1-4-24-23(25-15-17-13-20(29-2)22(28)21(14-17)30-3)27-9-7-26(8-10-27)19-12-16-5-6-18(19)11-16/h13-14,16,18-19,28H,4-12,15H2,1-3H3,(H,24,25). The molecule has 2 N–H and O–H groups in total.